The average Bonchev–Trinajstić information content (AvgIpc) is 3.47. The highest BCUT2D eigenvalue weighted by molar-refractivity contribution is 6.22. The van der Waals surface area contributed by atoms with Gasteiger partial charge in [-0.2, -0.15) is 0 Å². The topological polar surface area (TPSA) is 0 Å². The van der Waals surface area contributed by atoms with Crippen LogP contribution in [0.3, 0.4) is 0 Å². The first kappa shape index (κ1) is 30.2. The van der Waals surface area contributed by atoms with Gasteiger partial charge in [0.15, 0.2) is 0 Å². The Morgan fingerprint density at radius 1 is 0.283 bits per heavy atom. The van der Waals surface area contributed by atoms with Gasteiger partial charge in [-0.1, -0.05) is 184 Å². The van der Waals surface area contributed by atoms with Gasteiger partial charge >= 0.3 is 0 Å². The van der Waals surface area contributed by atoms with E-state index in [0.717, 1.165) is 0 Å². The number of benzene rings is 10. The molecule has 0 unspecified atom stereocenters. The van der Waals surface area contributed by atoms with Gasteiger partial charge in [-0.05, 0) is 122 Å². The highest BCUT2D eigenvalue weighted by Crippen LogP contribution is 2.56. The molecule has 0 bridgehead atoms. The number of fused-ring (bicyclic) bond motifs is 12. The normalized spacial score (nSPS) is 13.2. The molecule has 0 spiro atoms. The average molecular weight is 673 g/mol. The molecule has 0 heterocycles. The Balaban J connectivity index is 1.09. The molecule has 0 heteroatoms. The lowest BCUT2D eigenvalue weighted by Gasteiger charge is -2.25. The largest absolute Gasteiger partial charge is 0.0622 e. The lowest BCUT2D eigenvalue weighted by Crippen LogP contribution is -2.16. The van der Waals surface area contributed by atoms with Crippen LogP contribution in [-0.4, -0.2) is 0 Å². The Hall–Kier alpha value is -6.50. The van der Waals surface area contributed by atoms with Crippen molar-refractivity contribution in [3.05, 3.63) is 193 Å². The van der Waals surface area contributed by atoms with Gasteiger partial charge in [0, 0.05) is 5.41 Å². The molecule has 11 rings (SSSR count). The van der Waals surface area contributed by atoms with Crippen molar-refractivity contribution < 1.29 is 0 Å². The smallest absolute Gasteiger partial charge is 0.0171 e. The molecule has 10 aromatic rings. The van der Waals surface area contributed by atoms with Crippen LogP contribution >= 0.6 is 0 Å². The third-order valence-corrected chi connectivity index (χ3v) is 12.0. The van der Waals surface area contributed by atoms with Crippen molar-refractivity contribution in [2.45, 2.75) is 19.3 Å². The van der Waals surface area contributed by atoms with Gasteiger partial charge < -0.3 is 0 Å². The van der Waals surface area contributed by atoms with Gasteiger partial charge in [-0.15, -0.1) is 0 Å². The summed E-state index contributed by atoms with van der Waals surface area (Å²) in [6, 6.07) is 67.6. The molecule has 0 saturated carbocycles. The first-order chi connectivity index (χ1) is 26.1. The van der Waals surface area contributed by atoms with Gasteiger partial charge in [0.1, 0.15) is 0 Å². The maximum Gasteiger partial charge on any atom is 0.0171 e. The number of rotatable bonds is 3. The van der Waals surface area contributed by atoms with Gasteiger partial charge in [0.25, 0.3) is 0 Å². The van der Waals surface area contributed by atoms with Crippen LogP contribution in [0.25, 0.3) is 98.4 Å². The Morgan fingerprint density at radius 2 is 0.755 bits per heavy atom. The van der Waals surface area contributed by atoms with Crippen molar-refractivity contribution in [2.75, 3.05) is 0 Å². The van der Waals surface area contributed by atoms with E-state index in [1.54, 1.807) is 0 Å². The summed E-state index contributed by atoms with van der Waals surface area (Å²) in [5.74, 6) is 0. The summed E-state index contributed by atoms with van der Waals surface area (Å²) in [6.07, 6.45) is 0. The number of hydrogen-bond acceptors (Lipinski definition) is 0. The molecule has 0 N–H and O–H groups in total. The second kappa shape index (κ2) is 11.2. The Labute approximate surface area is 309 Å². The van der Waals surface area contributed by atoms with E-state index < -0.39 is 0 Å². The van der Waals surface area contributed by atoms with Crippen LogP contribution in [0.4, 0.5) is 0 Å². The molecule has 1 aliphatic rings. The van der Waals surface area contributed by atoms with Gasteiger partial charge in [0.2, 0.25) is 0 Å². The third kappa shape index (κ3) is 4.30. The fourth-order valence-electron chi connectivity index (χ4n) is 9.80. The molecular weight excluding hydrogens is 637 g/mol. The predicted molar refractivity (Wildman–Crippen MR) is 228 cm³/mol. The lowest BCUT2D eigenvalue weighted by molar-refractivity contribution is 0.672. The van der Waals surface area contributed by atoms with Crippen LogP contribution in [0, 0.1) is 0 Å². The van der Waals surface area contributed by atoms with Crippen molar-refractivity contribution in [3.8, 4) is 44.5 Å². The van der Waals surface area contributed by atoms with Crippen molar-refractivity contribution >= 4 is 53.9 Å². The summed E-state index contributed by atoms with van der Waals surface area (Å²) < 4.78 is 0. The zero-order chi connectivity index (χ0) is 35.3. The zero-order valence-electron chi connectivity index (χ0n) is 29.8. The van der Waals surface area contributed by atoms with E-state index in [1.165, 1.54) is 109 Å². The summed E-state index contributed by atoms with van der Waals surface area (Å²) in [6.45, 7) is 4.85. The molecule has 248 valence electrons. The van der Waals surface area contributed by atoms with E-state index in [0.29, 0.717) is 0 Å². The van der Waals surface area contributed by atoms with Crippen LogP contribution in [-0.2, 0) is 5.41 Å². The highest BCUT2D eigenvalue weighted by Gasteiger charge is 2.39. The van der Waals surface area contributed by atoms with Gasteiger partial charge in [0.05, 0.1) is 0 Å². The molecule has 0 amide bonds. The molecule has 0 nitrogen and oxygen atoms in total. The van der Waals surface area contributed by atoms with Crippen molar-refractivity contribution in [1.29, 1.82) is 0 Å². The van der Waals surface area contributed by atoms with Crippen LogP contribution in [0.5, 0.6) is 0 Å². The molecule has 0 radical (unpaired) electrons. The summed E-state index contributed by atoms with van der Waals surface area (Å²) >= 11 is 0. The summed E-state index contributed by atoms with van der Waals surface area (Å²) in [7, 11) is 0. The van der Waals surface area contributed by atoms with Crippen molar-refractivity contribution in [2.24, 2.45) is 0 Å². The Bertz CT molecular complexity index is 3070. The van der Waals surface area contributed by atoms with E-state index in [9.17, 15) is 0 Å². The second-order valence-electron chi connectivity index (χ2n) is 15.2. The van der Waals surface area contributed by atoms with Gasteiger partial charge in [-0.25, -0.2) is 0 Å². The fraction of sp³-hybridized carbons (Fsp3) is 0.0566. The molecule has 1 aliphatic carbocycles. The minimum atomic E-state index is -0.150. The zero-order valence-corrected chi connectivity index (χ0v) is 29.8. The SMILES string of the molecule is CC1(C)c2c(ccc3cc(-c4cccc(-c5c6ccccc6c(-c6ccccc6)c6ccccc56)c4)ccc23)-c2c1c1ccccc1c1ccccc21. The Kier molecular flexibility index (Phi) is 6.40. The fourth-order valence-corrected chi connectivity index (χ4v) is 9.80. The van der Waals surface area contributed by atoms with Crippen LogP contribution in [0.1, 0.15) is 25.0 Å². The third-order valence-electron chi connectivity index (χ3n) is 12.0. The quantitative estimate of drug-likeness (QED) is 0.129. The van der Waals surface area contributed by atoms with E-state index in [2.05, 4.69) is 196 Å². The predicted octanol–water partition coefficient (Wildman–Crippen LogP) is 14.8. The molecule has 0 fully saturated rings. The maximum atomic E-state index is 2.42. The molecule has 0 atom stereocenters. The number of hydrogen-bond donors (Lipinski definition) is 0. The summed E-state index contributed by atoms with van der Waals surface area (Å²) in [5, 5.41) is 13.1. The minimum absolute atomic E-state index is 0.150. The van der Waals surface area contributed by atoms with E-state index in [4.69, 9.17) is 0 Å². The molecule has 53 heavy (non-hydrogen) atoms. The lowest BCUT2D eigenvalue weighted by atomic mass is 9.77. The molecule has 0 aliphatic heterocycles. The first-order valence-corrected chi connectivity index (χ1v) is 18.7. The minimum Gasteiger partial charge on any atom is -0.0622 e. The maximum absolute atomic E-state index is 2.42. The summed E-state index contributed by atoms with van der Waals surface area (Å²) in [4.78, 5) is 0. The van der Waals surface area contributed by atoms with Gasteiger partial charge in [-0.3, -0.25) is 0 Å². The molecular formula is C53H36. The Morgan fingerprint density at radius 3 is 1.40 bits per heavy atom. The highest BCUT2D eigenvalue weighted by atomic mass is 14.4. The summed E-state index contributed by atoms with van der Waals surface area (Å²) in [5.41, 5.74) is 13.0. The standard InChI is InChI=1S/C53H36/c1-53(2)51-38-29-27-35(31-36(38)28-30-47(51)50-41-21-8-6-19-39(41)40-20-7-13-26-46(40)52(50)53)34-17-14-18-37(32-34)49-44-24-11-9-22-42(44)48(33-15-4-3-5-16-33)43-23-10-12-25-45(43)49/h3-32H,1-2H3. The van der Waals surface area contributed by atoms with Crippen LogP contribution in [0.2, 0.25) is 0 Å². The second-order valence-corrected chi connectivity index (χ2v) is 15.2. The first-order valence-electron chi connectivity index (χ1n) is 18.7. The van der Waals surface area contributed by atoms with E-state index in [-0.39, 0.29) is 5.41 Å². The van der Waals surface area contributed by atoms with Crippen molar-refractivity contribution in [1.82, 2.24) is 0 Å². The van der Waals surface area contributed by atoms with E-state index in [1.807, 2.05) is 0 Å². The molecule has 0 aromatic heterocycles. The molecule has 10 aromatic carbocycles. The van der Waals surface area contributed by atoms with Crippen LogP contribution in [0.15, 0.2) is 182 Å². The van der Waals surface area contributed by atoms with Crippen LogP contribution < -0.4 is 0 Å². The molecule has 0 saturated heterocycles. The van der Waals surface area contributed by atoms with E-state index >= 15 is 0 Å². The monoisotopic (exact) mass is 672 g/mol. The van der Waals surface area contributed by atoms with Crippen molar-refractivity contribution in [3.63, 3.8) is 0 Å².